The Bertz CT molecular complexity index is 1160. The standard InChI is InChI=1S/C20H20N4O3S/c1-28(26,27)20-22-18-9-10-24(13-16(18)19(25)23-20)12-14-7-8-17(21-11-14)15-5-3-2-4-6-15/h2-8,11H,9-10,12-13H2,1H3,(H,22,23,25). The maximum Gasteiger partial charge on any atom is 0.256 e. The molecule has 7 nitrogen and oxygen atoms in total. The average Bonchev–Trinajstić information content (AvgIpc) is 2.69. The molecule has 4 rings (SSSR count). The fourth-order valence-corrected chi connectivity index (χ4v) is 3.88. The molecule has 3 aromatic rings. The minimum Gasteiger partial charge on any atom is -0.297 e. The Hall–Kier alpha value is -2.84. The third-order valence-corrected chi connectivity index (χ3v) is 5.67. The lowest BCUT2D eigenvalue weighted by Gasteiger charge is -2.27. The van der Waals surface area contributed by atoms with Gasteiger partial charge in [-0.15, -0.1) is 0 Å². The lowest BCUT2D eigenvalue weighted by atomic mass is 10.1. The maximum atomic E-state index is 12.3. The van der Waals surface area contributed by atoms with Crippen LogP contribution in [0.15, 0.2) is 58.6 Å². The first-order chi connectivity index (χ1) is 13.4. The largest absolute Gasteiger partial charge is 0.297 e. The summed E-state index contributed by atoms with van der Waals surface area (Å²) < 4.78 is 23.3. The summed E-state index contributed by atoms with van der Waals surface area (Å²) in [6.07, 6.45) is 3.43. The van der Waals surface area contributed by atoms with Crippen LogP contribution in [0.1, 0.15) is 16.8 Å². The second-order valence-corrected chi connectivity index (χ2v) is 8.88. The van der Waals surface area contributed by atoms with E-state index in [0.717, 1.165) is 23.1 Å². The van der Waals surface area contributed by atoms with Crippen molar-refractivity contribution < 1.29 is 8.42 Å². The van der Waals surface area contributed by atoms with Gasteiger partial charge in [0.05, 0.1) is 17.0 Å². The van der Waals surface area contributed by atoms with Gasteiger partial charge in [-0.1, -0.05) is 36.4 Å². The number of benzene rings is 1. The van der Waals surface area contributed by atoms with Crippen LogP contribution in [0.4, 0.5) is 0 Å². The van der Waals surface area contributed by atoms with Gasteiger partial charge in [0, 0.05) is 44.1 Å². The molecular weight excluding hydrogens is 376 g/mol. The van der Waals surface area contributed by atoms with E-state index in [2.05, 4.69) is 19.9 Å². The molecule has 1 N–H and O–H groups in total. The Morgan fingerprint density at radius 1 is 1.14 bits per heavy atom. The van der Waals surface area contributed by atoms with E-state index in [1.807, 2.05) is 48.7 Å². The number of aromatic nitrogens is 3. The molecule has 0 aliphatic carbocycles. The van der Waals surface area contributed by atoms with E-state index in [0.29, 0.717) is 37.3 Å². The smallest absolute Gasteiger partial charge is 0.256 e. The van der Waals surface area contributed by atoms with Gasteiger partial charge >= 0.3 is 0 Å². The van der Waals surface area contributed by atoms with Crippen molar-refractivity contribution in [2.24, 2.45) is 0 Å². The predicted octanol–water partition coefficient (Wildman–Crippen LogP) is 1.79. The van der Waals surface area contributed by atoms with Crippen molar-refractivity contribution in [2.45, 2.75) is 24.7 Å². The van der Waals surface area contributed by atoms with E-state index in [9.17, 15) is 13.2 Å². The van der Waals surface area contributed by atoms with Gasteiger partial charge < -0.3 is 0 Å². The molecule has 0 atom stereocenters. The highest BCUT2D eigenvalue weighted by Crippen LogP contribution is 2.19. The predicted molar refractivity (Wildman–Crippen MR) is 105 cm³/mol. The molecule has 144 valence electrons. The minimum absolute atomic E-state index is 0.259. The lowest BCUT2D eigenvalue weighted by molar-refractivity contribution is 0.240. The van der Waals surface area contributed by atoms with Crippen molar-refractivity contribution in [3.8, 4) is 11.3 Å². The van der Waals surface area contributed by atoms with Crippen LogP contribution in [-0.2, 0) is 29.3 Å². The van der Waals surface area contributed by atoms with Crippen LogP contribution in [0.2, 0.25) is 0 Å². The number of hydrogen-bond acceptors (Lipinski definition) is 6. The van der Waals surface area contributed by atoms with E-state index >= 15 is 0 Å². The van der Waals surface area contributed by atoms with Crippen LogP contribution in [0, 0.1) is 0 Å². The van der Waals surface area contributed by atoms with Crippen molar-refractivity contribution in [3.63, 3.8) is 0 Å². The zero-order valence-electron chi connectivity index (χ0n) is 15.4. The summed E-state index contributed by atoms with van der Waals surface area (Å²) in [5.41, 5.74) is 3.76. The summed E-state index contributed by atoms with van der Waals surface area (Å²) in [4.78, 5) is 25.6. The number of sulfone groups is 1. The van der Waals surface area contributed by atoms with Crippen molar-refractivity contribution in [1.82, 2.24) is 19.9 Å². The van der Waals surface area contributed by atoms with E-state index in [-0.39, 0.29) is 10.7 Å². The normalized spacial score (nSPS) is 14.6. The average molecular weight is 396 g/mol. The first-order valence-electron chi connectivity index (χ1n) is 8.95. The molecule has 1 aliphatic rings. The van der Waals surface area contributed by atoms with Crippen molar-refractivity contribution in [3.05, 3.63) is 75.8 Å². The molecule has 0 amide bonds. The number of nitrogens with zero attached hydrogens (tertiary/aromatic N) is 3. The van der Waals surface area contributed by atoms with Crippen molar-refractivity contribution in [1.29, 1.82) is 0 Å². The summed E-state index contributed by atoms with van der Waals surface area (Å²) >= 11 is 0. The topological polar surface area (TPSA) is 96.0 Å². The van der Waals surface area contributed by atoms with Gasteiger partial charge in [-0.2, -0.15) is 0 Å². The van der Waals surface area contributed by atoms with Gasteiger partial charge in [0.15, 0.2) is 0 Å². The van der Waals surface area contributed by atoms with E-state index in [1.165, 1.54) is 0 Å². The molecule has 0 spiro atoms. The van der Waals surface area contributed by atoms with Gasteiger partial charge in [0.2, 0.25) is 15.0 Å². The number of pyridine rings is 1. The number of H-pyrrole nitrogens is 1. The number of fused-ring (bicyclic) bond motifs is 1. The Kier molecular flexibility index (Phi) is 4.82. The Balaban J connectivity index is 1.50. The molecule has 0 radical (unpaired) electrons. The second-order valence-electron chi connectivity index (χ2n) is 6.95. The Morgan fingerprint density at radius 2 is 1.93 bits per heavy atom. The number of aromatic amines is 1. The zero-order valence-corrected chi connectivity index (χ0v) is 16.2. The lowest BCUT2D eigenvalue weighted by Crippen LogP contribution is -2.36. The van der Waals surface area contributed by atoms with Gasteiger partial charge in [-0.25, -0.2) is 13.4 Å². The summed E-state index contributed by atoms with van der Waals surface area (Å²) in [6.45, 7) is 1.80. The SMILES string of the molecule is CS(=O)(=O)c1nc2c(c(=O)[nH]1)CN(Cc1ccc(-c3ccccc3)nc1)CC2. The highest BCUT2D eigenvalue weighted by Gasteiger charge is 2.23. The molecule has 2 aromatic heterocycles. The van der Waals surface area contributed by atoms with Crippen LogP contribution in [-0.4, -0.2) is 41.1 Å². The molecule has 1 aromatic carbocycles. The Morgan fingerprint density at radius 3 is 2.61 bits per heavy atom. The van der Waals surface area contributed by atoms with Crippen LogP contribution in [0.5, 0.6) is 0 Å². The highest BCUT2D eigenvalue weighted by molar-refractivity contribution is 7.90. The fraction of sp³-hybridized carbons (Fsp3) is 0.250. The van der Waals surface area contributed by atoms with Crippen molar-refractivity contribution >= 4 is 9.84 Å². The third kappa shape index (κ3) is 3.88. The first kappa shape index (κ1) is 18.5. The fourth-order valence-electron chi connectivity index (χ4n) is 3.32. The van der Waals surface area contributed by atoms with Gasteiger partial charge in [0.1, 0.15) is 0 Å². The van der Waals surface area contributed by atoms with Crippen LogP contribution >= 0.6 is 0 Å². The Labute approximate surface area is 163 Å². The van der Waals surface area contributed by atoms with E-state index in [1.54, 1.807) is 0 Å². The second kappa shape index (κ2) is 7.29. The first-order valence-corrected chi connectivity index (χ1v) is 10.8. The molecule has 28 heavy (non-hydrogen) atoms. The number of rotatable bonds is 4. The summed E-state index contributed by atoms with van der Waals surface area (Å²) in [6, 6.07) is 14.0. The third-order valence-electron chi connectivity index (χ3n) is 4.78. The molecular formula is C20H20N4O3S. The van der Waals surface area contributed by atoms with Gasteiger partial charge in [0.25, 0.3) is 5.56 Å². The molecule has 1 aliphatic heterocycles. The molecule has 0 saturated heterocycles. The van der Waals surface area contributed by atoms with E-state index < -0.39 is 9.84 Å². The maximum absolute atomic E-state index is 12.3. The monoisotopic (exact) mass is 396 g/mol. The molecule has 0 fully saturated rings. The van der Waals surface area contributed by atoms with E-state index in [4.69, 9.17) is 0 Å². The highest BCUT2D eigenvalue weighted by atomic mass is 32.2. The molecule has 0 unspecified atom stereocenters. The minimum atomic E-state index is -3.54. The quantitative estimate of drug-likeness (QED) is 0.676. The molecule has 0 saturated carbocycles. The summed E-state index contributed by atoms with van der Waals surface area (Å²) in [7, 11) is -3.54. The van der Waals surface area contributed by atoms with Crippen LogP contribution < -0.4 is 5.56 Å². The molecule has 8 heteroatoms. The molecule has 3 heterocycles. The van der Waals surface area contributed by atoms with Gasteiger partial charge in [-0.05, 0) is 11.6 Å². The molecule has 0 bridgehead atoms. The zero-order chi connectivity index (χ0) is 19.7. The van der Waals surface area contributed by atoms with Crippen LogP contribution in [0.3, 0.4) is 0 Å². The van der Waals surface area contributed by atoms with Gasteiger partial charge in [-0.3, -0.25) is 19.7 Å². The summed E-state index contributed by atoms with van der Waals surface area (Å²) in [5, 5.41) is -0.259. The van der Waals surface area contributed by atoms with Crippen molar-refractivity contribution in [2.75, 3.05) is 12.8 Å². The number of hydrogen-bond donors (Lipinski definition) is 1. The van der Waals surface area contributed by atoms with Crippen LogP contribution in [0.25, 0.3) is 11.3 Å². The number of nitrogens with one attached hydrogen (secondary N) is 1. The summed E-state index contributed by atoms with van der Waals surface area (Å²) in [5.74, 6) is 0.